The molecule has 1 aliphatic rings. The molecule has 21 heavy (non-hydrogen) atoms. The second-order valence-corrected chi connectivity index (χ2v) is 6.98. The van der Waals surface area contributed by atoms with Gasteiger partial charge in [0.05, 0.1) is 0 Å². The predicted octanol–water partition coefficient (Wildman–Crippen LogP) is 5.73. The van der Waals surface area contributed by atoms with E-state index in [9.17, 15) is 0 Å². The van der Waals surface area contributed by atoms with Crippen LogP contribution in [0.2, 0.25) is 0 Å². The molecule has 1 aliphatic carbocycles. The normalized spacial score (nSPS) is 15.0. The molecular weight excluding hydrogens is 252 g/mol. The van der Waals surface area contributed by atoms with Gasteiger partial charge in [-0.25, -0.2) is 0 Å². The van der Waals surface area contributed by atoms with E-state index < -0.39 is 0 Å². The lowest BCUT2D eigenvalue weighted by Crippen LogP contribution is -2.15. The van der Waals surface area contributed by atoms with Gasteiger partial charge >= 0.3 is 0 Å². The van der Waals surface area contributed by atoms with Gasteiger partial charge in [0.25, 0.3) is 0 Å². The van der Waals surface area contributed by atoms with Crippen LogP contribution in [0.3, 0.4) is 0 Å². The largest absolute Gasteiger partial charge is 0.0613 e. The lowest BCUT2D eigenvalue weighted by molar-refractivity contribution is 0.658. The number of fused-ring (bicyclic) bond motifs is 3. The summed E-state index contributed by atoms with van der Waals surface area (Å²) in [5, 5.41) is 0. The van der Waals surface area contributed by atoms with Crippen molar-refractivity contribution in [2.75, 3.05) is 0 Å². The predicted molar refractivity (Wildman–Crippen MR) is 92.2 cm³/mol. The third-order valence-corrected chi connectivity index (χ3v) is 5.35. The molecule has 0 unspecified atom stereocenters. The minimum atomic E-state index is 0.124. The van der Waals surface area contributed by atoms with E-state index in [-0.39, 0.29) is 5.41 Å². The Morgan fingerprint density at radius 1 is 0.714 bits per heavy atom. The molecule has 0 fully saturated rings. The highest BCUT2D eigenvalue weighted by Gasteiger charge is 2.36. The van der Waals surface area contributed by atoms with E-state index >= 15 is 0 Å². The Labute approximate surface area is 129 Å². The Bertz CT molecular complexity index is 656. The topological polar surface area (TPSA) is 0 Å². The Morgan fingerprint density at radius 2 is 1.10 bits per heavy atom. The molecular formula is C21H26. The van der Waals surface area contributed by atoms with Crippen molar-refractivity contribution in [3.05, 3.63) is 57.6 Å². The molecule has 2 aromatic carbocycles. The van der Waals surface area contributed by atoms with Gasteiger partial charge in [-0.3, -0.25) is 0 Å². The van der Waals surface area contributed by atoms with Crippen molar-refractivity contribution in [1.29, 1.82) is 0 Å². The Morgan fingerprint density at radius 3 is 1.43 bits per heavy atom. The van der Waals surface area contributed by atoms with E-state index in [2.05, 4.69) is 65.8 Å². The van der Waals surface area contributed by atoms with Crippen molar-refractivity contribution in [3.63, 3.8) is 0 Å². The average molecular weight is 278 g/mol. The molecule has 0 saturated carbocycles. The van der Waals surface area contributed by atoms with Gasteiger partial charge in [-0.1, -0.05) is 52.0 Å². The molecule has 0 aromatic heterocycles. The number of hydrogen-bond acceptors (Lipinski definition) is 0. The molecule has 0 radical (unpaired) electrons. The molecule has 0 heterocycles. The minimum absolute atomic E-state index is 0.124. The zero-order valence-corrected chi connectivity index (χ0v) is 14.2. The Hall–Kier alpha value is -1.56. The molecule has 0 atom stereocenters. The molecule has 0 aliphatic heterocycles. The van der Waals surface area contributed by atoms with Crippen molar-refractivity contribution in [2.45, 2.75) is 59.8 Å². The zero-order chi connectivity index (χ0) is 15.4. The first-order chi connectivity index (χ1) is 9.90. The van der Waals surface area contributed by atoms with Crippen LogP contribution in [-0.2, 0) is 18.3 Å². The summed E-state index contributed by atoms with van der Waals surface area (Å²) in [5.41, 5.74) is 11.9. The van der Waals surface area contributed by atoms with Gasteiger partial charge in [0.1, 0.15) is 0 Å². The van der Waals surface area contributed by atoms with Crippen LogP contribution in [0.4, 0.5) is 0 Å². The van der Waals surface area contributed by atoms with Crippen molar-refractivity contribution >= 4 is 0 Å². The van der Waals surface area contributed by atoms with Crippen LogP contribution in [0.15, 0.2) is 24.3 Å². The molecule has 110 valence electrons. The maximum atomic E-state index is 2.44. The van der Waals surface area contributed by atoms with Gasteiger partial charge in [-0.2, -0.15) is 0 Å². The molecule has 0 bridgehead atoms. The molecule has 0 N–H and O–H groups in total. The zero-order valence-electron chi connectivity index (χ0n) is 14.2. The van der Waals surface area contributed by atoms with E-state index in [0.29, 0.717) is 0 Å². The van der Waals surface area contributed by atoms with Gasteiger partial charge in [-0.15, -0.1) is 0 Å². The van der Waals surface area contributed by atoms with Crippen LogP contribution in [0.1, 0.15) is 61.1 Å². The molecule has 3 rings (SSSR count). The quantitative estimate of drug-likeness (QED) is 0.657. The summed E-state index contributed by atoms with van der Waals surface area (Å²) in [6.45, 7) is 13.7. The molecule has 2 aromatic rings. The van der Waals surface area contributed by atoms with Crippen LogP contribution in [0, 0.1) is 13.8 Å². The summed E-state index contributed by atoms with van der Waals surface area (Å²) < 4.78 is 0. The third-order valence-electron chi connectivity index (χ3n) is 5.35. The molecule has 0 heteroatoms. The fourth-order valence-corrected chi connectivity index (χ4v) is 3.89. The summed E-state index contributed by atoms with van der Waals surface area (Å²) >= 11 is 0. The first-order valence-electron chi connectivity index (χ1n) is 8.18. The highest BCUT2D eigenvalue weighted by atomic mass is 14.4. The highest BCUT2D eigenvalue weighted by molar-refractivity contribution is 5.82. The molecule has 0 saturated heterocycles. The maximum Gasteiger partial charge on any atom is 0.0159 e. The van der Waals surface area contributed by atoms with Gasteiger partial charge in [0.2, 0.25) is 0 Å². The van der Waals surface area contributed by atoms with Crippen molar-refractivity contribution in [1.82, 2.24) is 0 Å². The Balaban J connectivity index is 2.34. The SMILES string of the molecule is CCc1cc2c(cc1C)C(C)(C)c1cc(C)c(CC)cc1-2. The lowest BCUT2D eigenvalue weighted by atomic mass is 9.80. The second kappa shape index (κ2) is 4.73. The molecule has 0 amide bonds. The van der Waals surface area contributed by atoms with Gasteiger partial charge in [0.15, 0.2) is 0 Å². The van der Waals surface area contributed by atoms with Crippen molar-refractivity contribution < 1.29 is 0 Å². The number of aryl methyl sites for hydroxylation is 4. The van der Waals surface area contributed by atoms with Crippen LogP contribution in [0.25, 0.3) is 11.1 Å². The van der Waals surface area contributed by atoms with E-state index in [1.165, 1.54) is 44.5 Å². The highest BCUT2D eigenvalue weighted by Crippen LogP contribution is 2.50. The molecule has 0 nitrogen and oxygen atoms in total. The van der Waals surface area contributed by atoms with Gasteiger partial charge in [0, 0.05) is 5.41 Å². The van der Waals surface area contributed by atoms with Gasteiger partial charge < -0.3 is 0 Å². The average Bonchev–Trinajstić information content (AvgIpc) is 2.65. The van der Waals surface area contributed by atoms with Crippen LogP contribution >= 0.6 is 0 Å². The third kappa shape index (κ3) is 1.96. The number of hydrogen-bond donors (Lipinski definition) is 0. The second-order valence-electron chi connectivity index (χ2n) is 6.98. The summed E-state index contributed by atoms with van der Waals surface area (Å²) in [7, 11) is 0. The van der Waals surface area contributed by atoms with Crippen molar-refractivity contribution in [3.8, 4) is 11.1 Å². The maximum absolute atomic E-state index is 2.44. The smallest absolute Gasteiger partial charge is 0.0159 e. The van der Waals surface area contributed by atoms with E-state index in [1.54, 1.807) is 0 Å². The fourth-order valence-electron chi connectivity index (χ4n) is 3.89. The number of benzene rings is 2. The summed E-state index contributed by atoms with van der Waals surface area (Å²) in [4.78, 5) is 0. The van der Waals surface area contributed by atoms with E-state index in [1.807, 2.05) is 0 Å². The van der Waals surface area contributed by atoms with Crippen LogP contribution in [0.5, 0.6) is 0 Å². The van der Waals surface area contributed by atoms with Crippen LogP contribution in [-0.4, -0.2) is 0 Å². The number of rotatable bonds is 2. The lowest BCUT2D eigenvalue weighted by Gasteiger charge is -2.23. The van der Waals surface area contributed by atoms with E-state index in [4.69, 9.17) is 0 Å². The standard InChI is InChI=1S/C21H26/c1-7-15-11-17-18-12-16(8-2)14(4)10-20(18)21(5,6)19(17)9-13(15)3/h9-12H,7-8H2,1-6H3. The van der Waals surface area contributed by atoms with E-state index in [0.717, 1.165) is 12.8 Å². The molecule has 0 spiro atoms. The van der Waals surface area contributed by atoms with Crippen LogP contribution < -0.4 is 0 Å². The minimum Gasteiger partial charge on any atom is -0.0613 e. The van der Waals surface area contributed by atoms with Gasteiger partial charge in [-0.05, 0) is 71.2 Å². The summed E-state index contributed by atoms with van der Waals surface area (Å²) in [6, 6.07) is 9.73. The van der Waals surface area contributed by atoms with Crippen molar-refractivity contribution in [2.24, 2.45) is 0 Å². The monoisotopic (exact) mass is 278 g/mol. The Kier molecular flexibility index (Phi) is 3.24. The summed E-state index contributed by atoms with van der Waals surface area (Å²) in [6.07, 6.45) is 2.22. The fraction of sp³-hybridized carbons (Fsp3) is 0.429. The summed E-state index contributed by atoms with van der Waals surface area (Å²) in [5.74, 6) is 0. The first kappa shape index (κ1) is 14.4. The first-order valence-corrected chi connectivity index (χ1v) is 8.18.